The van der Waals surface area contributed by atoms with E-state index < -0.39 is 0 Å². The zero-order chi connectivity index (χ0) is 21.3. The SMILES string of the molecule is CCOc1ccc(CNC(=NC)NC2CCN(C(=O)C3CCCCC3)C2)cc1OC. The first kappa shape index (κ1) is 22.2. The van der Waals surface area contributed by atoms with Crippen LogP contribution in [0.3, 0.4) is 0 Å². The molecule has 0 spiro atoms. The molecular weight excluding hydrogens is 380 g/mol. The molecule has 30 heavy (non-hydrogen) atoms. The summed E-state index contributed by atoms with van der Waals surface area (Å²) in [4.78, 5) is 19.2. The van der Waals surface area contributed by atoms with Gasteiger partial charge in [0.2, 0.25) is 5.91 Å². The molecule has 1 unspecified atom stereocenters. The second kappa shape index (κ2) is 11.1. The van der Waals surface area contributed by atoms with Crippen molar-refractivity contribution in [2.75, 3.05) is 33.9 Å². The number of amides is 1. The molecule has 166 valence electrons. The zero-order valence-corrected chi connectivity index (χ0v) is 18.6. The summed E-state index contributed by atoms with van der Waals surface area (Å²) in [5.41, 5.74) is 1.08. The fourth-order valence-electron chi connectivity index (χ4n) is 4.36. The lowest BCUT2D eigenvalue weighted by Crippen LogP contribution is -2.45. The minimum atomic E-state index is 0.235. The number of methoxy groups -OCH3 is 1. The van der Waals surface area contributed by atoms with Crippen molar-refractivity contribution in [3.63, 3.8) is 0 Å². The molecule has 0 radical (unpaired) electrons. The molecule has 0 aromatic heterocycles. The van der Waals surface area contributed by atoms with Gasteiger partial charge < -0.3 is 25.0 Å². The molecule has 1 aliphatic carbocycles. The van der Waals surface area contributed by atoms with Gasteiger partial charge in [0.25, 0.3) is 0 Å². The summed E-state index contributed by atoms with van der Waals surface area (Å²) in [6, 6.07) is 6.17. The number of benzene rings is 1. The molecule has 1 heterocycles. The van der Waals surface area contributed by atoms with Gasteiger partial charge >= 0.3 is 0 Å². The molecule has 1 aliphatic heterocycles. The van der Waals surface area contributed by atoms with Crippen LogP contribution in [0.5, 0.6) is 11.5 Å². The second-order valence-corrected chi connectivity index (χ2v) is 8.09. The molecule has 7 nitrogen and oxygen atoms in total. The monoisotopic (exact) mass is 416 g/mol. The molecule has 1 saturated heterocycles. The molecule has 1 saturated carbocycles. The van der Waals surface area contributed by atoms with Crippen LogP contribution in [0, 0.1) is 5.92 Å². The van der Waals surface area contributed by atoms with Crippen LogP contribution in [-0.4, -0.2) is 56.7 Å². The number of carbonyl (C=O) groups is 1. The third-order valence-electron chi connectivity index (χ3n) is 6.01. The van der Waals surface area contributed by atoms with Crippen LogP contribution in [0.1, 0.15) is 51.0 Å². The Hall–Kier alpha value is -2.44. The molecule has 2 N–H and O–H groups in total. The Morgan fingerprint density at radius 1 is 1.20 bits per heavy atom. The fraction of sp³-hybridized carbons (Fsp3) is 0.652. The van der Waals surface area contributed by atoms with Crippen molar-refractivity contribution in [3.8, 4) is 11.5 Å². The molecular formula is C23H36N4O3. The molecule has 2 fully saturated rings. The summed E-state index contributed by atoms with van der Waals surface area (Å²) in [6.45, 7) is 4.77. The van der Waals surface area contributed by atoms with Crippen LogP contribution in [-0.2, 0) is 11.3 Å². The zero-order valence-electron chi connectivity index (χ0n) is 18.6. The van der Waals surface area contributed by atoms with Crippen LogP contribution in [0.15, 0.2) is 23.2 Å². The quantitative estimate of drug-likeness (QED) is 0.528. The molecule has 1 aromatic carbocycles. The lowest BCUT2D eigenvalue weighted by Gasteiger charge is -2.26. The number of likely N-dealkylation sites (tertiary alicyclic amines) is 1. The second-order valence-electron chi connectivity index (χ2n) is 8.09. The van der Waals surface area contributed by atoms with Crippen molar-refractivity contribution >= 4 is 11.9 Å². The van der Waals surface area contributed by atoms with Gasteiger partial charge in [-0.25, -0.2) is 0 Å². The van der Waals surface area contributed by atoms with Gasteiger partial charge in [0.1, 0.15) is 0 Å². The number of ether oxygens (including phenoxy) is 2. The normalized spacial score (nSPS) is 20.2. The first-order valence-corrected chi connectivity index (χ1v) is 11.2. The molecule has 0 bridgehead atoms. The van der Waals surface area contributed by atoms with Crippen molar-refractivity contribution in [1.29, 1.82) is 0 Å². The average Bonchev–Trinajstić information content (AvgIpc) is 3.26. The minimum absolute atomic E-state index is 0.235. The Bertz CT molecular complexity index is 731. The van der Waals surface area contributed by atoms with E-state index in [2.05, 4.69) is 15.6 Å². The molecule has 3 rings (SSSR count). The number of carbonyl (C=O) groups excluding carboxylic acids is 1. The Kier molecular flexibility index (Phi) is 8.22. The van der Waals surface area contributed by atoms with E-state index in [1.807, 2.05) is 30.0 Å². The van der Waals surface area contributed by atoms with E-state index in [0.717, 1.165) is 55.4 Å². The van der Waals surface area contributed by atoms with Crippen molar-refractivity contribution in [3.05, 3.63) is 23.8 Å². The van der Waals surface area contributed by atoms with E-state index in [1.165, 1.54) is 19.3 Å². The van der Waals surface area contributed by atoms with Gasteiger partial charge in [-0.1, -0.05) is 25.3 Å². The maximum absolute atomic E-state index is 12.8. The molecule has 1 aromatic rings. The number of rotatable bonds is 7. The number of hydrogen-bond acceptors (Lipinski definition) is 4. The van der Waals surface area contributed by atoms with E-state index in [0.29, 0.717) is 19.1 Å². The number of aliphatic imine (C=N–C) groups is 1. The lowest BCUT2D eigenvalue weighted by molar-refractivity contribution is -0.135. The average molecular weight is 417 g/mol. The smallest absolute Gasteiger partial charge is 0.225 e. The topological polar surface area (TPSA) is 75.2 Å². The molecule has 1 amide bonds. The number of nitrogens with one attached hydrogen (secondary N) is 2. The Labute approximate surface area is 180 Å². The predicted molar refractivity (Wildman–Crippen MR) is 119 cm³/mol. The van der Waals surface area contributed by atoms with E-state index in [9.17, 15) is 4.79 Å². The van der Waals surface area contributed by atoms with Gasteiger partial charge in [0, 0.05) is 38.6 Å². The van der Waals surface area contributed by atoms with E-state index in [-0.39, 0.29) is 12.0 Å². The van der Waals surface area contributed by atoms with Crippen molar-refractivity contribution in [1.82, 2.24) is 15.5 Å². The third kappa shape index (κ3) is 5.80. The summed E-state index contributed by atoms with van der Waals surface area (Å²) < 4.78 is 11.0. The standard InChI is InChI=1S/C23H36N4O3/c1-4-30-20-11-10-17(14-21(20)29-3)15-25-23(24-2)26-19-12-13-27(16-19)22(28)18-8-6-5-7-9-18/h10-11,14,18-19H,4-9,12-13,15-16H2,1-3H3,(H2,24,25,26). The molecule has 1 atom stereocenters. The number of hydrogen-bond donors (Lipinski definition) is 2. The van der Waals surface area contributed by atoms with Gasteiger partial charge in [-0.05, 0) is 43.9 Å². The van der Waals surface area contributed by atoms with E-state index >= 15 is 0 Å². The van der Waals surface area contributed by atoms with Crippen molar-refractivity contribution < 1.29 is 14.3 Å². The van der Waals surface area contributed by atoms with Gasteiger partial charge in [0.05, 0.1) is 13.7 Å². The van der Waals surface area contributed by atoms with Crippen LogP contribution in [0.2, 0.25) is 0 Å². The highest BCUT2D eigenvalue weighted by Crippen LogP contribution is 2.28. The number of guanidine groups is 1. The Balaban J connectivity index is 1.48. The predicted octanol–water partition coefficient (Wildman–Crippen LogP) is 2.94. The Morgan fingerprint density at radius 2 is 2.00 bits per heavy atom. The summed E-state index contributed by atoms with van der Waals surface area (Å²) in [5, 5.41) is 6.83. The highest BCUT2D eigenvalue weighted by atomic mass is 16.5. The van der Waals surface area contributed by atoms with Gasteiger partial charge in [0.15, 0.2) is 17.5 Å². The van der Waals surface area contributed by atoms with Crippen molar-refractivity contribution in [2.45, 2.75) is 58.0 Å². The highest BCUT2D eigenvalue weighted by molar-refractivity contribution is 5.81. The summed E-state index contributed by atoms with van der Waals surface area (Å²) >= 11 is 0. The highest BCUT2D eigenvalue weighted by Gasteiger charge is 2.31. The maximum Gasteiger partial charge on any atom is 0.225 e. The molecule has 2 aliphatic rings. The summed E-state index contributed by atoms with van der Waals surface area (Å²) in [7, 11) is 3.42. The maximum atomic E-state index is 12.8. The van der Waals surface area contributed by atoms with E-state index in [4.69, 9.17) is 9.47 Å². The van der Waals surface area contributed by atoms with E-state index in [1.54, 1.807) is 14.2 Å². The molecule has 7 heteroatoms. The first-order valence-electron chi connectivity index (χ1n) is 11.2. The first-order chi connectivity index (χ1) is 14.6. The van der Waals surface area contributed by atoms with Crippen LogP contribution in [0.4, 0.5) is 0 Å². The largest absolute Gasteiger partial charge is 0.493 e. The van der Waals surface area contributed by atoms with Crippen molar-refractivity contribution in [2.24, 2.45) is 10.9 Å². The van der Waals surface area contributed by atoms with Gasteiger partial charge in [-0.15, -0.1) is 0 Å². The summed E-state index contributed by atoms with van der Waals surface area (Å²) in [5.74, 6) is 2.82. The van der Waals surface area contributed by atoms with Gasteiger partial charge in [-0.2, -0.15) is 0 Å². The van der Waals surface area contributed by atoms with Crippen LogP contribution in [0.25, 0.3) is 0 Å². The Morgan fingerprint density at radius 3 is 2.70 bits per heavy atom. The third-order valence-corrected chi connectivity index (χ3v) is 6.01. The summed E-state index contributed by atoms with van der Waals surface area (Å²) in [6.07, 6.45) is 6.73. The fourth-order valence-corrected chi connectivity index (χ4v) is 4.36. The number of nitrogens with zero attached hydrogens (tertiary/aromatic N) is 2. The van der Waals surface area contributed by atoms with Crippen LogP contribution < -0.4 is 20.1 Å². The minimum Gasteiger partial charge on any atom is -0.493 e. The van der Waals surface area contributed by atoms with Crippen LogP contribution >= 0.6 is 0 Å². The van der Waals surface area contributed by atoms with Gasteiger partial charge in [-0.3, -0.25) is 9.79 Å². The lowest BCUT2D eigenvalue weighted by atomic mass is 9.88.